The van der Waals surface area contributed by atoms with Gasteiger partial charge in [0.1, 0.15) is 0 Å². The fourth-order valence-corrected chi connectivity index (χ4v) is 1.70. The van der Waals surface area contributed by atoms with Crippen molar-refractivity contribution in [2.75, 3.05) is 14.1 Å². The first-order valence-electron chi connectivity index (χ1n) is 4.41. The second kappa shape index (κ2) is 5.54. The molecule has 0 amide bonds. The van der Waals surface area contributed by atoms with E-state index in [2.05, 4.69) is 5.32 Å². The first kappa shape index (κ1) is 12.6. The van der Waals surface area contributed by atoms with Crippen molar-refractivity contribution in [3.63, 3.8) is 0 Å². The molecule has 0 aliphatic rings. The Morgan fingerprint density at radius 2 is 2.13 bits per heavy atom. The zero-order valence-corrected chi connectivity index (χ0v) is 10.9. The van der Waals surface area contributed by atoms with Crippen molar-refractivity contribution in [2.24, 2.45) is 0 Å². The summed E-state index contributed by atoms with van der Waals surface area (Å²) < 4.78 is 0. The van der Waals surface area contributed by atoms with Crippen LogP contribution in [0.15, 0.2) is 18.2 Å². The van der Waals surface area contributed by atoms with E-state index in [0.29, 0.717) is 21.7 Å². The van der Waals surface area contributed by atoms with Crippen LogP contribution >= 0.6 is 35.4 Å². The first-order chi connectivity index (χ1) is 7.04. The van der Waals surface area contributed by atoms with Crippen molar-refractivity contribution < 1.29 is 0 Å². The minimum atomic E-state index is 0.641. The van der Waals surface area contributed by atoms with Gasteiger partial charge in [-0.15, -0.1) is 0 Å². The summed E-state index contributed by atoms with van der Waals surface area (Å²) in [5.41, 5.74) is 1.00. The van der Waals surface area contributed by atoms with E-state index in [1.165, 1.54) is 0 Å². The van der Waals surface area contributed by atoms with Gasteiger partial charge in [0.05, 0.1) is 0 Å². The maximum Gasteiger partial charge on any atom is 0.168 e. The third-order valence-electron chi connectivity index (χ3n) is 1.98. The minimum absolute atomic E-state index is 0.641. The Bertz CT molecular complexity index is 368. The summed E-state index contributed by atoms with van der Waals surface area (Å²) in [7, 11) is 3.70. The molecule has 0 radical (unpaired) electrons. The zero-order valence-electron chi connectivity index (χ0n) is 8.55. The van der Waals surface area contributed by atoms with Crippen LogP contribution in [0.3, 0.4) is 0 Å². The first-order valence-corrected chi connectivity index (χ1v) is 5.57. The van der Waals surface area contributed by atoms with Gasteiger partial charge in [-0.2, -0.15) is 0 Å². The van der Waals surface area contributed by atoms with E-state index in [9.17, 15) is 0 Å². The highest BCUT2D eigenvalue weighted by molar-refractivity contribution is 7.80. The molecule has 0 aliphatic carbocycles. The average Bonchev–Trinajstić information content (AvgIpc) is 2.20. The average molecular weight is 263 g/mol. The van der Waals surface area contributed by atoms with E-state index in [0.717, 1.165) is 5.56 Å². The van der Waals surface area contributed by atoms with Crippen molar-refractivity contribution in [3.8, 4) is 0 Å². The molecule has 0 bridgehead atoms. The molecule has 15 heavy (non-hydrogen) atoms. The van der Waals surface area contributed by atoms with Gasteiger partial charge in [-0.3, -0.25) is 0 Å². The highest BCUT2D eigenvalue weighted by Gasteiger charge is 2.06. The summed E-state index contributed by atoms with van der Waals surface area (Å²) in [5.74, 6) is 0. The molecule has 0 saturated carbocycles. The number of benzene rings is 1. The van der Waals surface area contributed by atoms with Gasteiger partial charge in [0, 0.05) is 30.7 Å². The van der Waals surface area contributed by atoms with E-state index in [1.807, 2.05) is 24.1 Å². The van der Waals surface area contributed by atoms with Crippen molar-refractivity contribution in [1.82, 2.24) is 10.2 Å². The topological polar surface area (TPSA) is 15.3 Å². The molecule has 5 heteroatoms. The largest absolute Gasteiger partial charge is 0.366 e. The number of nitrogens with one attached hydrogen (secondary N) is 1. The fraction of sp³-hybridized carbons (Fsp3) is 0.300. The Balaban J connectivity index is 2.76. The molecule has 0 fully saturated rings. The SMILES string of the molecule is CNC(=S)N(C)Cc1ccc(Cl)cc1Cl. The van der Waals surface area contributed by atoms with Crippen molar-refractivity contribution in [2.45, 2.75) is 6.54 Å². The smallest absolute Gasteiger partial charge is 0.168 e. The number of thiocarbonyl (C=S) groups is 1. The highest BCUT2D eigenvalue weighted by Crippen LogP contribution is 2.21. The van der Waals surface area contributed by atoms with Crippen LogP contribution < -0.4 is 5.32 Å². The highest BCUT2D eigenvalue weighted by atomic mass is 35.5. The van der Waals surface area contributed by atoms with E-state index < -0.39 is 0 Å². The van der Waals surface area contributed by atoms with Crippen LogP contribution in [-0.4, -0.2) is 24.1 Å². The number of rotatable bonds is 2. The van der Waals surface area contributed by atoms with Gasteiger partial charge in [-0.25, -0.2) is 0 Å². The van der Waals surface area contributed by atoms with Crippen molar-refractivity contribution in [1.29, 1.82) is 0 Å². The lowest BCUT2D eigenvalue weighted by Gasteiger charge is -2.20. The Labute approximate surface area is 105 Å². The summed E-state index contributed by atoms with van der Waals surface area (Å²) in [5, 5.41) is 4.89. The maximum atomic E-state index is 6.05. The summed E-state index contributed by atoms with van der Waals surface area (Å²) in [6.07, 6.45) is 0. The molecule has 0 unspecified atom stereocenters. The molecule has 0 aromatic heterocycles. The standard InChI is InChI=1S/C10H12Cl2N2S/c1-13-10(15)14(2)6-7-3-4-8(11)5-9(7)12/h3-5H,6H2,1-2H3,(H,13,15). The molecule has 1 N–H and O–H groups in total. The molecular formula is C10H12Cl2N2S. The van der Waals surface area contributed by atoms with Crippen LogP contribution in [0, 0.1) is 0 Å². The monoisotopic (exact) mass is 262 g/mol. The van der Waals surface area contributed by atoms with Crippen LogP contribution in [0.25, 0.3) is 0 Å². The zero-order chi connectivity index (χ0) is 11.4. The van der Waals surface area contributed by atoms with E-state index >= 15 is 0 Å². The Morgan fingerprint density at radius 1 is 1.47 bits per heavy atom. The number of halogens is 2. The van der Waals surface area contributed by atoms with E-state index in [4.69, 9.17) is 35.4 Å². The van der Waals surface area contributed by atoms with Gasteiger partial charge in [-0.1, -0.05) is 29.3 Å². The van der Waals surface area contributed by atoms with Crippen molar-refractivity contribution >= 4 is 40.5 Å². The van der Waals surface area contributed by atoms with Gasteiger partial charge in [-0.05, 0) is 29.9 Å². The summed E-state index contributed by atoms with van der Waals surface area (Å²) in [6.45, 7) is 0.662. The van der Waals surface area contributed by atoms with E-state index in [-0.39, 0.29) is 0 Å². The third kappa shape index (κ3) is 3.52. The summed E-state index contributed by atoms with van der Waals surface area (Å²) in [4.78, 5) is 1.91. The van der Waals surface area contributed by atoms with Crippen LogP contribution in [0.1, 0.15) is 5.56 Å². The second-order valence-electron chi connectivity index (χ2n) is 3.15. The summed E-state index contributed by atoms with van der Waals surface area (Å²) in [6, 6.07) is 5.45. The van der Waals surface area contributed by atoms with Crippen molar-refractivity contribution in [3.05, 3.63) is 33.8 Å². The molecule has 0 atom stereocenters. The third-order valence-corrected chi connectivity index (χ3v) is 3.09. The lowest BCUT2D eigenvalue weighted by Crippen LogP contribution is -2.34. The molecule has 0 heterocycles. The molecule has 1 aromatic carbocycles. The fourth-order valence-electron chi connectivity index (χ4n) is 1.17. The van der Waals surface area contributed by atoms with Crippen LogP contribution in [-0.2, 0) is 6.54 Å². The molecule has 2 nitrogen and oxygen atoms in total. The van der Waals surface area contributed by atoms with Crippen LogP contribution in [0.2, 0.25) is 10.0 Å². The predicted octanol–water partition coefficient (Wildman–Crippen LogP) is 2.93. The molecule has 1 aromatic rings. The van der Waals surface area contributed by atoms with Gasteiger partial charge in [0.25, 0.3) is 0 Å². The Hall–Kier alpha value is -0.510. The predicted molar refractivity (Wildman–Crippen MR) is 69.6 cm³/mol. The number of hydrogen-bond donors (Lipinski definition) is 1. The lowest BCUT2D eigenvalue weighted by molar-refractivity contribution is 0.495. The maximum absolute atomic E-state index is 6.05. The van der Waals surface area contributed by atoms with Gasteiger partial charge < -0.3 is 10.2 Å². The Morgan fingerprint density at radius 3 is 2.67 bits per heavy atom. The van der Waals surface area contributed by atoms with Crippen LogP contribution in [0.4, 0.5) is 0 Å². The normalized spacial score (nSPS) is 9.87. The van der Waals surface area contributed by atoms with Gasteiger partial charge in [0.2, 0.25) is 0 Å². The number of hydrogen-bond acceptors (Lipinski definition) is 1. The lowest BCUT2D eigenvalue weighted by atomic mass is 10.2. The molecular weight excluding hydrogens is 251 g/mol. The second-order valence-corrected chi connectivity index (χ2v) is 4.38. The molecule has 0 spiro atoms. The quantitative estimate of drug-likeness (QED) is 0.826. The summed E-state index contributed by atoms with van der Waals surface area (Å²) >= 11 is 16.9. The van der Waals surface area contributed by atoms with Gasteiger partial charge >= 0.3 is 0 Å². The van der Waals surface area contributed by atoms with E-state index in [1.54, 1.807) is 13.1 Å². The molecule has 1 rings (SSSR count). The number of nitrogens with zero attached hydrogens (tertiary/aromatic N) is 1. The Kier molecular flexibility index (Phi) is 4.64. The molecule has 82 valence electrons. The van der Waals surface area contributed by atoms with Crippen LogP contribution in [0.5, 0.6) is 0 Å². The minimum Gasteiger partial charge on any atom is -0.366 e. The molecule has 0 aliphatic heterocycles. The van der Waals surface area contributed by atoms with Gasteiger partial charge in [0.15, 0.2) is 5.11 Å². The molecule has 0 saturated heterocycles.